The molecule has 0 heterocycles. The Labute approximate surface area is 179 Å². The van der Waals surface area contributed by atoms with Gasteiger partial charge in [0.25, 0.3) is 5.91 Å². The Bertz CT molecular complexity index is 1030. The first-order valence-electron chi connectivity index (χ1n) is 9.68. The summed E-state index contributed by atoms with van der Waals surface area (Å²) in [5.74, 6) is -0.0550. The van der Waals surface area contributed by atoms with Gasteiger partial charge in [-0.15, -0.1) is 0 Å². The van der Waals surface area contributed by atoms with E-state index in [-0.39, 0.29) is 0 Å². The van der Waals surface area contributed by atoms with E-state index in [4.69, 9.17) is 9.47 Å². The van der Waals surface area contributed by atoms with Crippen molar-refractivity contribution in [2.24, 2.45) is 5.10 Å². The van der Waals surface area contributed by atoms with E-state index in [1.165, 1.54) is 6.21 Å². The van der Waals surface area contributed by atoms with Crippen LogP contribution in [0.25, 0.3) is 0 Å². The molecule has 2 N–H and O–H groups in total. The molecule has 3 aromatic carbocycles. The molecule has 7 nitrogen and oxygen atoms in total. The van der Waals surface area contributed by atoms with E-state index in [1.807, 2.05) is 6.92 Å². The van der Waals surface area contributed by atoms with Crippen LogP contribution in [-0.2, 0) is 4.79 Å². The standard InChI is InChI=1S/C24H22N2O5/c1-2-30-20-14-10-19(11-15-20)24(29)31-21-12-8-17(9-13-21)16-25-26-23(28)22(27)18-6-4-3-5-7-18/h3-16,22,27H,2H2,1H3,(H,26,28)/b25-16+. The summed E-state index contributed by atoms with van der Waals surface area (Å²) in [4.78, 5) is 24.2. The zero-order valence-electron chi connectivity index (χ0n) is 16.9. The fourth-order valence-electron chi connectivity index (χ4n) is 2.66. The van der Waals surface area contributed by atoms with Gasteiger partial charge in [0.05, 0.1) is 18.4 Å². The number of carbonyl (C=O) groups excluding carboxylic acids is 2. The predicted molar refractivity (Wildman–Crippen MR) is 116 cm³/mol. The Kier molecular flexibility index (Phi) is 7.50. The number of amides is 1. The molecule has 1 atom stereocenters. The van der Waals surface area contributed by atoms with Gasteiger partial charge < -0.3 is 14.6 Å². The molecule has 0 fully saturated rings. The maximum absolute atomic E-state index is 12.2. The molecule has 1 amide bonds. The second kappa shape index (κ2) is 10.7. The maximum atomic E-state index is 12.2. The Morgan fingerprint density at radius 2 is 1.61 bits per heavy atom. The van der Waals surface area contributed by atoms with Gasteiger partial charge in [0.2, 0.25) is 0 Å². The number of esters is 1. The second-order valence-electron chi connectivity index (χ2n) is 6.46. The van der Waals surface area contributed by atoms with Gasteiger partial charge >= 0.3 is 5.97 Å². The van der Waals surface area contributed by atoms with Crippen molar-refractivity contribution in [1.29, 1.82) is 0 Å². The van der Waals surface area contributed by atoms with Crippen LogP contribution in [0.3, 0.4) is 0 Å². The highest BCUT2D eigenvalue weighted by molar-refractivity contribution is 5.91. The van der Waals surface area contributed by atoms with E-state index in [0.29, 0.717) is 34.8 Å². The lowest BCUT2D eigenvalue weighted by molar-refractivity contribution is -0.129. The van der Waals surface area contributed by atoms with Crippen molar-refractivity contribution in [2.45, 2.75) is 13.0 Å². The number of ether oxygens (including phenoxy) is 2. The number of hydrogen-bond donors (Lipinski definition) is 2. The van der Waals surface area contributed by atoms with E-state index in [9.17, 15) is 14.7 Å². The third-order valence-electron chi connectivity index (χ3n) is 4.24. The normalized spacial score (nSPS) is 11.7. The zero-order valence-corrected chi connectivity index (χ0v) is 16.9. The molecule has 0 bridgehead atoms. The lowest BCUT2D eigenvalue weighted by Gasteiger charge is -2.08. The van der Waals surface area contributed by atoms with Crippen LogP contribution < -0.4 is 14.9 Å². The average molecular weight is 418 g/mol. The molecular weight excluding hydrogens is 396 g/mol. The molecule has 0 radical (unpaired) electrons. The highest BCUT2D eigenvalue weighted by Gasteiger charge is 2.16. The predicted octanol–water partition coefficient (Wildman–Crippen LogP) is 3.49. The minimum absolute atomic E-state index is 0.375. The van der Waals surface area contributed by atoms with Crippen LogP contribution in [0.1, 0.15) is 34.5 Å². The number of hydrogen-bond acceptors (Lipinski definition) is 6. The third kappa shape index (κ3) is 6.25. The van der Waals surface area contributed by atoms with E-state index < -0.39 is 18.0 Å². The van der Waals surface area contributed by atoms with Gasteiger partial charge in [0.1, 0.15) is 11.5 Å². The Morgan fingerprint density at radius 3 is 2.26 bits per heavy atom. The van der Waals surface area contributed by atoms with Gasteiger partial charge in [-0.2, -0.15) is 5.10 Å². The zero-order chi connectivity index (χ0) is 22.1. The molecule has 0 saturated carbocycles. The lowest BCUT2D eigenvalue weighted by atomic mass is 10.1. The Balaban J connectivity index is 1.52. The summed E-state index contributed by atoms with van der Waals surface area (Å²) >= 11 is 0. The number of nitrogens with one attached hydrogen (secondary N) is 1. The van der Waals surface area contributed by atoms with E-state index in [2.05, 4.69) is 10.5 Å². The molecule has 31 heavy (non-hydrogen) atoms. The Hall–Kier alpha value is -3.97. The number of aliphatic hydroxyl groups excluding tert-OH is 1. The van der Waals surface area contributed by atoms with Crippen LogP contribution in [0.4, 0.5) is 0 Å². The Morgan fingerprint density at radius 1 is 0.968 bits per heavy atom. The van der Waals surface area contributed by atoms with Crippen molar-refractivity contribution >= 4 is 18.1 Å². The molecule has 0 spiro atoms. The van der Waals surface area contributed by atoms with Gasteiger partial charge in [0.15, 0.2) is 6.10 Å². The molecule has 158 valence electrons. The van der Waals surface area contributed by atoms with Gasteiger partial charge in [0, 0.05) is 0 Å². The topological polar surface area (TPSA) is 97.2 Å². The van der Waals surface area contributed by atoms with Gasteiger partial charge in [-0.05, 0) is 66.6 Å². The van der Waals surface area contributed by atoms with Crippen LogP contribution in [0.5, 0.6) is 11.5 Å². The van der Waals surface area contributed by atoms with Crippen LogP contribution in [0.2, 0.25) is 0 Å². The quantitative estimate of drug-likeness (QED) is 0.253. The second-order valence-corrected chi connectivity index (χ2v) is 6.46. The summed E-state index contributed by atoms with van der Waals surface area (Å²) in [6, 6.07) is 21.9. The molecule has 0 aliphatic rings. The first-order valence-corrected chi connectivity index (χ1v) is 9.68. The summed E-state index contributed by atoms with van der Waals surface area (Å²) in [5, 5.41) is 13.8. The molecule has 0 aliphatic carbocycles. The van der Waals surface area contributed by atoms with Gasteiger partial charge in [-0.1, -0.05) is 30.3 Å². The van der Waals surface area contributed by atoms with Crippen LogP contribution >= 0.6 is 0 Å². The largest absolute Gasteiger partial charge is 0.494 e. The highest BCUT2D eigenvalue weighted by atomic mass is 16.5. The highest BCUT2D eigenvalue weighted by Crippen LogP contribution is 2.16. The first kappa shape index (κ1) is 21.7. The summed E-state index contributed by atoms with van der Waals surface area (Å²) < 4.78 is 10.7. The number of rotatable bonds is 8. The minimum atomic E-state index is -1.30. The van der Waals surface area contributed by atoms with Crippen molar-refractivity contribution in [1.82, 2.24) is 5.43 Å². The summed E-state index contributed by atoms with van der Waals surface area (Å²) in [5.41, 5.74) is 3.86. The van der Waals surface area contributed by atoms with Gasteiger partial charge in [-0.25, -0.2) is 10.2 Å². The SMILES string of the molecule is CCOc1ccc(C(=O)Oc2ccc(/C=N/NC(=O)C(O)c3ccccc3)cc2)cc1. The number of hydrazone groups is 1. The summed E-state index contributed by atoms with van der Waals surface area (Å²) in [6.07, 6.45) is 0.121. The smallest absolute Gasteiger partial charge is 0.343 e. The van der Waals surface area contributed by atoms with E-state index in [1.54, 1.807) is 78.9 Å². The average Bonchev–Trinajstić information content (AvgIpc) is 2.81. The number of aliphatic hydroxyl groups is 1. The number of carbonyl (C=O) groups is 2. The molecule has 0 aliphatic heterocycles. The minimum Gasteiger partial charge on any atom is -0.494 e. The van der Waals surface area contributed by atoms with Crippen molar-refractivity contribution in [2.75, 3.05) is 6.61 Å². The maximum Gasteiger partial charge on any atom is 0.343 e. The van der Waals surface area contributed by atoms with Crippen molar-refractivity contribution < 1.29 is 24.2 Å². The molecule has 0 saturated heterocycles. The number of benzene rings is 3. The van der Waals surface area contributed by atoms with Gasteiger partial charge in [-0.3, -0.25) is 4.79 Å². The number of nitrogens with zero attached hydrogens (tertiary/aromatic N) is 1. The van der Waals surface area contributed by atoms with Crippen molar-refractivity contribution in [3.63, 3.8) is 0 Å². The van der Waals surface area contributed by atoms with Crippen LogP contribution in [0.15, 0.2) is 84.0 Å². The van der Waals surface area contributed by atoms with Crippen LogP contribution in [-0.4, -0.2) is 29.8 Å². The first-order chi connectivity index (χ1) is 15.1. The molecule has 1 unspecified atom stereocenters. The van der Waals surface area contributed by atoms with E-state index >= 15 is 0 Å². The fourth-order valence-corrected chi connectivity index (χ4v) is 2.66. The van der Waals surface area contributed by atoms with E-state index in [0.717, 1.165) is 0 Å². The monoisotopic (exact) mass is 418 g/mol. The molecular formula is C24H22N2O5. The third-order valence-corrected chi connectivity index (χ3v) is 4.24. The van der Waals surface area contributed by atoms with Crippen LogP contribution in [0, 0.1) is 0 Å². The lowest BCUT2D eigenvalue weighted by Crippen LogP contribution is -2.25. The molecule has 3 rings (SSSR count). The van der Waals surface area contributed by atoms with Crippen molar-refractivity contribution in [3.8, 4) is 11.5 Å². The fraction of sp³-hybridized carbons (Fsp3) is 0.125. The molecule has 0 aromatic heterocycles. The summed E-state index contributed by atoms with van der Waals surface area (Å²) in [6.45, 7) is 2.44. The molecule has 7 heteroatoms. The van der Waals surface area contributed by atoms with Crippen molar-refractivity contribution in [3.05, 3.63) is 95.6 Å². The summed E-state index contributed by atoms with van der Waals surface area (Å²) in [7, 11) is 0. The molecule has 3 aromatic rings.